The number of ether oxygens (including phenoxy) is 2. The maximum Gasteiger partial charge on any atom is 0.161 e. The summed E-state index contributed by atoms with van der Waals surface area (Å²) in [5.74, 6) is 4.32. The molecule has 0 radical (unpaired) electrons. The van der Waals surface area contributed by atoms with E-state index in [1.54, 1.807) is 0 Å². The van der Waals surface area contributed by atoms with Gasteiger partial charge in [0.05, 0.1) is 16.5 Å². The molecule has 0 aliphatic carbocycles. The van der Waals surface area contributed by atoms with Crippen LogP contribution in [0.3, 0.4) is 0 Å². The van der Waals surface area contributed by atoms with Crippen molar-refractivity contribution in [2.75, 3.05) is 7.05 Å². The van der Waals surface area contributed by atoms with Crippen LogP contribution in [-0.4, -0.2) is 17.4 Å². The van der Waals surface area contributed by atoms with Gasteiger partial charge in [0.1, 0.15) is 28.3 Å². The molecular formula is C33H24N2O4. The van der Waals surface area contributed by atoms with Gasteiger partial charge < -0.3 is 19.1 Å². The summed E-state index contributed by atoms with van der Waals surface area (Å²) in [4.78, 5) is 13.2. The first-order valence-electron chi connectivity index (χ1n) is 13.0. The molecule has 0 atom stereocenters. The monoisotopic (exact) mass is 512 g/mol. The number of hydrogen-bond acceptors (Lipinski definition) is 6. The number of fused-ring (bicyclic) bond motifs is 2. The lowest BCUT2D eigenvalue weighted by Crippen LogP contribution is -2.48. The predicted molar refractivity (Wildman–Crippen MR) is 146 cm³/mol. The minimum Gasteiger partial charge on any atom is -0.457 e. The van der Waals surface area contributed by atoms with E-state index < -0.39 is 5.41 Å². The van der Waals surface area contributed by atoms with Gasteiger partial charge in [-0.1, -0.05) is 78.9 Å². The molecule has 5 aromatic rings. The van der Waals surface area contributed by atoms with Crippen molar-refractivity contribution in [1.82, 2.24) is 10.3 Å². The van der Waals surface area contributed by atoms with Gasteiger partial charge in [0.2, 0.25) is 0 Å². The molecular weight excluding hydrogens is 488 g/mol. The molecule has 0 N–H and O–H groups in total. The Morgan fingerprint density at radius 1 is 0.538 bits per heavy atom. The molecule has 3 aliphatic heterocycles. The molecule has 0 bridgehead atoms. The maximum atomic E-state index is 6.61. The summed E-state index contributed by atoms with van der Waals surface area (Å²) < 4.78 is 13.1. The van der Waals surface area contributed by atoms with E-state index in [-0.39, 0.29) is 0 Å². The lowest BCUT2D eigenvalue weighted by molar-refractivity contribution is -0.372. The number of hydrazine groups is 1. The molecule has 0 fully saturated rings. The summed E-state index contributed by atoms with van der Waals surface area (Å²) in [5.41, 5.74) is 4.18. The lowest BCUT2D eigenvalue weighted by atomic mass is 9.61. The van der Waals surface area contributed by atoms with Gasteiger partial charge >= 0.3 is 0 Å². The smallest absolute Gasteiger partial charge is 0.161 e. The van der Waals surface area contributed by atoms with E-state index in [4.69, 9.17) is 19.1 Å². The highest BCUT2D eigenvalue weighted by Gasteiger charge is 2.55. The molecule has 39 heavy (non-hydrogen) atoms. The third-order valence-electron chi connectivity index (χ3n) is 7.63. The molecule has 6 nitrogen and oxygen atoms in total. The number of nitrogens with zero attached hydrogens (tertiary/aromatic N) is 2. The Morgan fingerprint density at radius 3 is 1.56 bits per heavy atom. The Hall–Kier alpha value is -4.78. The van der Waals surface area contributed by atoms with E-state index in [1.807, 2.05) is 103 Å². The molecule has 6 heteroatoms. The van der Waals surface area contributed by atoms with Crippen molar-refractivity contribution in [2.45, 2.75) is 12.0 Å². The van der Waals surface area contributed by atoms with Gasteiger partial charge in [-0.25, -0.2) is 0 Å². The second kappa shape index (κ2) is 8.36. The van der Waals surface area contributed by atoms with Crippen LogP contribution in [0.5, 0.6) is 34.5 Å². The normalized spacial score (nSPS) is 15.5. The fourth-order valence-electron chi connectivity index (χ4n) is 6.09. The van der Waals surface area contributed by atoms with Crippen LogP contribution in [0.2, 0.25) is 0 Å². The van der Waals surface area contributed by atoms with Crippen molar-refractivity contribution in [3.8, 4) is 34.5 Å². The second-order valence-corrected chi connectivity index (χ2v) is 9.93. The fraction of sp³-hybridized carbons (Fsp3) is 0.0909. The third-order valence-corrected chi connectivity index (χ3v) is 7.63. The van der Waals surface area contributed by atoms with Gasteiger partial charge in [0.25, 0.3) is 0 Å². The first-order chi connectivity index (χ1) is 19.2. The van der Waals surface area contributed by atoms with E-state index >= 15 is 0 Å². The topological polar surface area (TPSA) is 43.4 Å². The standard InChI is InChI=1S/C33H24N2O4/c1-34(21-22-11-3-2-4-12-22)35-38-29-19-9-17-27-31(29)33(23-13-5-7-15-25(23)36-27)24-14-6-8-16-26(24)37-28-18-10-20-30(39-35)32(28)33/h2-20H,21H2,1H3. The molecule has 5 aromatic carbocycles. The highest BCUT2D eigenvalue weighted by atomic mass is 17.0. The Morgan fingerprint density at radius 2 is 1.00 bits per heavy atom. The van der Waals surface area contributed by atoms with Crippen molar-refractivity contribution >= 4 is 0 Å². The van der Waals surface area contributed by atoms with E-state index in [9.17, 15) is 0 Å². The number of hydrogen-bond donors (Lipinski definition) is 0. The molecule has 0 aromatic heterocycles. The zero-order chi connectivity index (χ0) is 26.0. The van der Waals surface area contributed by atoms with Gasteiger partial charge in [0, 0.05) is 24.7 Å². The number of benzene rings is 5. The van der Waals surface area contributed by atoms with Crippen LogP contribution < -0.4 is 19.1 Å². The average molecular weight is 513 g/mol. The van der Waals surface area contributed by atoms with Crippen molar-refractivity contribution in [2.24, 2.45) is 0 Å². The minimum atomic E-state index is -0.786. The van der Waals surface area contributed by atoms with Gasteiger partial charge in [0.15, 0.2) is 11.5 Å². The van der Waals surface area contributed by atoms with Crippen LogP contribution in [-0.2, 0) is 12.0 Å². The summed E-state index contributed by atoms with van der Waals surface area (Å²) in [5, 5.41) is 3.35. The summed E-state index contributed by atoms with van der Waals surface area (Å²) in [6, 6.07) is 38.4. The van der Waals surface area contributed by atoms with E-state index in [0.717, 1.165) is 50.8 Å². The summed E-state index contributed by atoms with van der Waals surface area (Å²) in [6.07, 6.45) is 0. The molecule has 0 saturated carbocycles. The van der Waals surface area contributed by atoms with Crippen molar-refractivity contribution in [1.29, 1.82) is 0 Å². The van der Waals surface area contributed by atoms with Crippen LogP contribution in [0.15, 0.2) is 115 Å². The Labute approximate surface area is 226 Å². The molecule has 190 valence electrons. The average Bonchev–Trinajstić information content (AvgIpc) is 2.96. The van der Waals surface area contributed by atoms with Crippen LogP contribution in [0.25, 0.3) is 0 Å². The van der Waals surface area contributed by atoms with Gasteiger partial charge in [-0.3, -0.25) is 0 Å². The molecule has 1 spiro atoms. The molecule has 3 aliphatic rings. The molecule has 0 saturated heterocycles. The minimum absolute atomic E-state index is 0.578. The van der Waals surface area contributed by atoms with E-state index in [2.05, 4.69) is 24.3 Å². The Balaban J connectivity index is 1.42. The number of para-hydroxylation sites is 2. The highest BCUT2D eigenvalue weighted by Crippen LogP contribution is 2.65. The van der Waals surface area contributed by atoms with E-state index in [1.165, 1.54) is 5.34 Å². The van der Waals surface area contributed by atoms with Gasteiger partial charge in [-0.15, -0.1) is 0 Å². The van der Waals surface area contributed by atoms with Crippen LogP contribution in [0.4, 0.5) is 0 Å². The molecule has 8 rings (SSSR count). The summed E-state index contributed by atoms with van der Waals surface area (Å²) in [6.45, 7) is 0.578. The largest absolute Gasteiger partial charge is 0.457 e. The molecule has 0 unspecified atom stereocenters. The first kappa shape index (κ1) is 22.2. The van der Waals surface area contributed by atoms with Crippen LogP contribution in [0.1, 0.15) is 27.8 Å². The fourth-order valence-corrected chi connectivity index (χ4v) is 6.09. The maximum absolute atomic E-state index is 6.61. The zero-order valence-corrected chi connectivity index (χ0v) is 21.2. The summed E-state index contributed by atoms with van der Waals surface area (Å²) >= 11 is 0. The van der Waals surface area contributed by atoms with Crippen LogP contribution >= 0.6 is 0 Å². The van der Waals surface area contributed by atoms with Crippen LogP contribution in [0, 0.1) is 0 Å². The predicted octanol–water partition coefficient (Wildman–Crippen LogP) is 7.23. The Bertz CT molecular complexity index is 1630. The summed E-state index contributed by atoms with van der Waals surface area (Å²) in [7, 11) is 1.93. The Kier molecular flexibility index (Phi) is 4.77. The number of rotatable bonds is 3. The lowest BCUT2D eigenvalue weighted by Gasteiger charge is -2.47. The third kappa shape index (κ3) is 3.16. The zero-order valence-electron chi connectivity index (χ0n) is 21.2. The van der Waals surface area contributed by atoms with Crippen molar-refractivity contribution in [3.63, 3.8) is 0 Å². The quantitative estimate of drug-likeness (QED) is 0.249. The second-order valence-electron chi connectivity index (χ2n) is 9.93. The van der Waals surface area contributed by atoms with Crippen molar-refractivity contribution < 1.29 is 19.1 Å². The van der Waals surface area contributed by atoms with Gasteiger partial charge in [-0.2, -0.15) is 5.01 Å². The van der Waals surface area contributed by atoms with E-state index in [0.29, 0.717) is 18.0 Å². The van der Waals surface area contributed by atoms with Crippen molar-refractivity contribution in [3.05, 3.63) is 143 Å². The van der Waals surface area contributed by atoms with Gasteiger partial charge in [-0.05, 0) is 42.0 Å². The highest BCUT2D eigenvalue weighted by molar-refractivity contribution is 5.79. The molecule has 0 amide bonds. The first-order valence-corrected chi connectivity index (χ1v) is 13.0. The molecule has 3 heterocycles. The SMILES string of the molecule is CN(Cc1ccccc1)N1Oc2cccc3c2C2(c4ccccc4O3)c3ccccc3Oc3cccc(c32)O1.